The molecule has 1 aliphatic heterocycles. The number of carbonyl (C=O) groups is 2. The molecule has 1 heterocycles. The van der Waals surface area contributed by atoms with Crippen LogP contribution in [0.2, 0.25) is 0 Å². The van der Waals surface area contributed by atoms with Crippen molar-refractivity contribution in [2.45, 2.75) is 12.6 Å². The van der Waals surface area contributed by atoms with Crippen LogP contribution < -0.4 is 5.32 Å². The number of benzene rings is 1. The Balaban J connectivity index is 1.99. The van der Waals surface area contributed by atoms with E-state index in [2.05, 4.69) is 5.32 Å². The minimum atomic E-state index is -4.51. The van der Waals surface area contributed by atoms with Gasteiger partial charge in [-0.1, -0.05) is 12.1 Å². The van der Waals surface area contributed by atoms with Gasteiger partial charge in [0, 0.05) is 13.0 Å². The quantitative estimate of drug-likeness (QED) is 0.870. The van der Waals surface area contributed by atoms with E-state index >= 15 is 0 Å². The summed E-state index contributed by atoms with van der Waals surface area (Å²) in [5, 5.41) is 2.28. The third-order valence-corrected chi connectivity index (χ3v) is 3.09. The molecule has 1 aliphatic rings. The van der Waals surface area contributed by atoms with Crippen molar-refractivity contribution < 1.29 is 27.2 Å². The minimum Gasteiger partial charge on any atom is -0.333 e. The Bertz CT molecular complexity index is 559. The van der Waals surface area contributed by atoms with Crippen LogP contribution in [0.25, 0.3) is 0 Å². The fourth-order valence-electron chi connectivity index (χ4n) is 2.11. The number of para-hydroxylation sites is 1. The molecule has 1 saturated heterocycles. The summed E-state index contributed by atoms with van der Waals surface area (Å²) in [5.74, 6) is -2.97. The van der Waals surface area contributed by atoms with E-state index in [1.54, 1.807) is 0 Å². The smallest absolute Gasteiger partial charge is 0.333 e. The first-order valence-corrected chi connectivity index (χ1v) is 6.16. The summed E-state index contributed by atoms with van der Waals surface area (Å²) < 4.78 is 50.2. The van der Waals surface area contributed by atoms with Crippen molar-refractivity contribution >= 4 is 17.5 Å². The SMILES string of the molecule is O=C(Nc1ccccc1F)C1CC(=O)N(CC(F)(F)F)C1. The van der Waals surface area contributed by atoms with Gasteiger partial charge in [0.05, 0.1) is 11.6 Å². The largest absolute Gasteiger partial charge is 0.406 e. The first-order chi connectivity index (χ1) is 9.76. The monoisotopic (exact) mass is 304 g/mol. The van der Waals surface area contributed by atoms with Crippen molar-refractivity contribution in [2.24, 2.45) is 5.92 Å². The lowest BCUT2D eigenvalue weighted by atomic mass is 10.1. The molecule has 0 bridgehead atoms. The molecule has 1 fully saturated rings. The highest BCUT2D eigenvalue weighted by atomic mass is 19.4. The van der Waals surface area contributed by atoms with Crippen molar-refractivity contribution in [2.75, 3.05) is 18.4 Å². The zero-order valence-electron chi connectivity index (χ0n) is 10.8. The Hall–Kier alpha value is -2.12. The molecule has 114 valence electrons. The summed E-state index contributed by atoms with van der Waals surface area (Å²) in [6, 6.07) is 5.42. The average molecular weight is 304 g/mol. The molecule has 0 radical (unpaired) electrons. The van der Waals surface area contributed by atoms with E-state index in [4.69, 9.17) is 0 Å². The lowest BCUT2D eigenvalue weighted by Gasteiger charge is -2.18. The highest BCUT2D eigenvalue weighted by molar-refractivity contribution is 5.97. The van der Waals surface area contributed by atoms with Crippen LogP contribution in [0.4, 0.5) is 23.2 Å². The molecule has 21 heavy (non-hydrogen) atoms. The highest BCUT2D eigenvalue weighted by Crippen LogP contribution is 2.25. The second kappa shape index (κ2) is 5.71. The van der Waals surface area contributed by atoms with Gasteiger partial charge < -0.3 is 10.2 Å². The molecule has 0 spiro atoms. The number of nitrogens with one attached hydrogen (secondary N) is 1. The van der Waals surface area contributed by atoms with Crippen LogP contribution in [-0.4, -0.2) is 36.0 Å². The van der Waals surface area contributed by atoms with Crippen molar-refractivity contribution in [3.05, 3.63) is 30.1 Å². The van der Waals surface area contributed by atoms with Gasteiger partial charge in [0.15, 0.2) is 0 Å². The van der Waals surface area contributed by atoms with Crippen LogP contribution in [0.1, 0.15) is 6.42 Å². The standard InChI is InChI=1S/C13H12F4N2O2/c14-9-3-1-2-4-10(9)18-12(21)8-5-11(20)19(6-8)7-13(15,16)17/h1-4,8H,5-7H2,(H,18,21). The first-order valence-electron chi connectivity index (χ1n) is 6.16. The molecular formula is C13H12F4N2O2. The summed E-state index contributed by atoms with van der Waals surface area (Å²) in [6.07, 6.45) is -4.82. The molecule has 2 rings (SSSR count). The number of carbonyl (C=O) groups excluding carboxylic acids is 2. The Morgan fingerprint density at radius 1 is 1.33 bits per heavy atom. The molecular weight excluding hydrogens is 292 g/mol. The van der Waals surface area contributed by atoms with Crippen LogP contribution in [0, 0.1) is 11.7 Å². The second-order valence-electron chi connectivity index (χ2n) is 4.76. The van der Waals surface area contributed by atoms with E-state index in [0.717, 1.165) is 6.07 Å². The number of rotatable bonds is 3. The normalized spacial score (nSPS) is 19.0. The van der Waals surface area contributed by atoms with Crippen molar-refractivity contribution in [3.8, 4) is 0 Å². The summed E-state index contributed by atoms with van der Waals surface area (Å²) in [7, 11) is 0. The molecule has 0 saturated carbocycles. The Labute approximate surface area is 117 Å². The van der Waals surface area contributed by atoms with E-state index < -0.39 is 36.3 Å². The summed E-state index contributed by atoms with van der Waals surface area (Å²) >= 11 is 0. The van der Waals surface area contributed by atoms with Gasteiger partial charge in [-0.15, -0.1) is 0 Å². The Morgan fingerprint density at radius 2 is 2.00 bits per heavy atom. The van der Waals surface area contributed by atoms with Gasteiger partial charge in [0.1, 0.15) is 12.4 Å². The summed E-state index contributed by atoms with van der Waals surface area (Å²) in [4.78, 5) is 23.9. The number of nitrogens with zero attached hydrogens (tertiary/aromatic N) is 1. The molecule has 4 nitrogen and oxygen atoms in total. The average Bonchev–Trinajstić information content (AvgIpc) is 2.72. The van der Waals surface area contributed by atoms with E-state index in [1.807, 2.05) is 0 Å². The molecule has 1 aromatic carbocycles. The maximum absolute atomic E-state index is 13.4. The predicted octanol–water partition coefficient (Wildman–Crippen LogP) is 2.17. The summed E-state index contributed by atoms with van der Waals surface area (Å²) in [6.45, 7) is -1.70. The molecule has 1 aromatic rings. The Morgan fingerprint density at radius 3 is 2.62 bits per heavy atom. The van der Waals surface area contributed by atoms with Crippen LogP contribution in [0.3, 0.4) is 0 Å². The van der Waals surface area contributed by atoms with Gasteiger partial charge in [0.25, 0.3) is 0 Å². The van der Waals surface area contributed by atoms with E-state index in [1.165, 1.54) is 18.2 Å². The number of hydrogen-bond donors (Lipinski definition) is 1. The molecule has 1 unspecified atom stereocenters. The van der Waals surface area contributed by atoms with Crippen molar-refractivity contribution in [1.82, 2.24) is 4.90 Å². The van der Waals surface area contributed by atoms with E-state index in [-0.39, 0.29) is 18.7 Å². The van der Waals surface area contributed by atoms with Gasteiger partial charge in [-0.3, -0.25) is 9.59 Å². The molecule has 0 aliphatic carbocycles. The van der Waals surface area contributed by atoms with Crippen LogP contribution in [0.5, 0.6) is 0 Å². The van der Waals surface area contributed by atoms with Crippen molar-refractivity contribution in [3.63, 3.8) is 0 Å². The lowest BCUT2D eigenvalue weighted by molar-refractivity contribution is -0.157. The van der Waals surface area contributed by atoms with Crippen LogP contribution in [0.15, 0.2) is 24.3 Å². The molecule has 2 amide bonds. The van der Waals surface area contributed by atoms with E-state index in [0.29, 0.717) is 4.90 Å². The maximum Gasteiger partial charge on any atom is 0.406 e. The minimum absolute atomic E-state index is 0.0655. The number of likely N-dealkylation sites (tertiary alicyclic amines) is 1. The summed E-state index contributed by atoms with van der Waals surface area (Å²) in [5.41, 5.74) is -0.0655. The zero-order valence-corrected chi connectivity index (χ0v) is 10.8. The fraction of sp³-hybridized carbons (Fsp3) is 0.385. The van der Waals surface area contributed by atoms with E-state index in [9.17, 15) is 27.2 Å². The van der Waals surface area contributed by atoms with Gasteiger partial charge in [0.2, 0.25) is 11.8 Å². The zero-order chi connectivity index (χ0) is 15.6. The van der Waals surface area contributed by atoms with Crippen molar-refractivity contribution in [1.29, 1.82) is 0 Å². The maximum atomic E-state index is 13.4. The predicted molar refractivity (Wildman–Crippen MR) is 65.8 cm³/mol. The highest BCUT2D eigenvalue weighted by Gasteiger charge is 2.40. The topological polar surface area (TPSA) is 49.4 Å². The van der Waals surface area contributed by atoms with Gasteiger partial charge in [-0.25, -0.2) is 4.39 Å². The lowest BCUT2D eigenvalue weighted by Crippen LogP contribution is -2.36. The third-order valence-electron chi connectivity index (χ3n) is 3.09. The molecule has 1 N–H and O–H groups in total. The Kier molecular flexibility index (Phi) is 4.15. The van der Waals surface area contributed by atoms with Gasteiger partial charge >= 0.3 is 6.18 Å². The second-order valence-corrected chi connectivity index (χ2v) is 4.76. The molecule has 8 heteroatoms. The number of anilines is 1. The number of hydrogen-bond acceptors (Lipinski definition) is 2. The van der Waals surface area contributed by atoms with Crippen LogP contribution >= 0.6 is 0 Å². The number of amides is 2. The van der Waals surface area contributed by atoms with Gasteiger partial charge in [-0.2, -0.15) is 13.2 Å². The van der Waals surface area contributed by atoms with Crippen LogP contribution in [-0.2, 0) is 9.59 Å². The van der Waals surface area contributed by atoms with Gasteiger partial charge in [-0.05, 0) is 12.1 Å². The molecule has 1 atom stereocenters. The molecule has 0 aromatic heterocycles. The third kappa shape index (κ3) is 3.93. The number of halogens is 4. The fourth-order valence-corrected chi connectivity index (χ4v) is 2.11. The number of alkyl halides is 3. The first kappa shape index (κ1) is 15.3.